The van der Waals surface area contributed by atoms with E-state index in [-0.39, 0.29) is 6.54 Å². The van der Waals surface area contributed by atoms with Gasteiger partial charge in [-0.2, -0.15) is 0 Å². The van der Waals surface area contributed by atoms with E-state index in [4.69, 9.17) is 5.73 Å². The number of halogens is 1. The summed E-state index contributed by atoms with van der Waals surface area (Å²) in [4.78, 5) is 0. The summed E-state index contributed by atoms with van der Waals surface area (Å²) in [5, 5.41) is 0. The summed E-state index contributed by atoms with van der Waals surface area (Å²) >= 11 is 0. The number of hydrogen-bond acceptors (Lipinski definition) is 1. The molecule has 0 bridgehead atoms. The molecule has 1 aromatic carbocycles. The molecule has 1 aromatic rings. The quantitative estimate of drug-likeness (QED) is 0.690. The van der Waals surface area contributed by atoms with Crippen molar-refractivity contribution in [1.29, 1.82) is 0 Å². The molecule has 0 amide bonds. The van der Waals surface area contributed by atoms with E-state index in [1.165, 1.54) is 0 Å². The van der Waals surface area contributed by atoms with Crippen molar-refractivity contribution in [2.75, 3.05) is 6.54 Å². The lowest BCUT2D eigenvalue weighted by Crippen LogP contribution is -2.07. The van der Waals surface area contributed by atoms with Gasteiger partial charge in [-0.1, -0.05) is 29.8 Å². The third kappa shape index (κ3) is 2.02. The summed E-state index contributed by atoms with van der Waals surface area (Å²) in [6, 6.07) is 7.35. The van der Waals surface area contributed by atoms with Crippen molar-refractivity contribution in [2.24, 2.45) is 5.73 Å². The zero-order valence-electron chi connectivity index (χ0n) is 6.55. The van der Waals surface area contributed by atoms with Crippen molar-refractivity contribution >= 4 is 0 Å². The molecule has 0 spiro atoms. The van der Waals surface area contributed by atoms with Gasteiger partial charge in [-0.25, -0.2) is 4.39 Å². The van der Waals surface area contributed by atoms with Crippen molar-refractivity contribution in [3.05, 3.63) is 35.4 Å². The summed E-state index contributed by atoms with van der Waals surface area (Å²) in [6.07, 6.45) is -1.02. The lowest BCUT2D eigenvalue weighted by molar-refractivity contribution is 0.353. The van der Waals surface area contributed by atoms with Crippen LogP contribution in [-0.4, -0.2) is 6.54 Å². The van der Waals surface area contributed by atoms with Gasteiger partial charge >= 0.3 is 0 Å². The molecule has 0 radical (unpaired) electrons. The molecule has 0 saturated carbocycles. The minimum Gasteiger partial charge on any atom is -0.327 e. The standard InChI is InChI=1S/C9H12FN/c1-7-3-2-4-8(5-7)9(10)6-11/h2-5,9H,6,11H2,1H3/t9-/m0/s1. The molecule has 0 aliphatic rings. The number of rotatable bonds is 2. The molecule has 0 aromatic heterocycles. The second-order valence-corrected chi connectivity index (χ2v) is 2.62. The molecule has 0 aliphatic carbocycles. The fourth-order valence-corrected chi connectivity index (χ4v) is 1.00. The first-order valence-corrected chi connectivity index (χ1v) is 3.64. The number of benzene rings is 1. The molecule has 2 heteroatoms. The molecule has 0 unspecified atom stereocenters. The Labute approximate surface area is 66.0 Å². The molecule has 60 valence electrons. The normalized spacial score (nSPS) is 13.0. The number of aryl methyl sites for hydroxylation is 1. The minimum absolute atomic E-state index is 0.0590. The Morgan fingerprint density at radius 3 is 2.82 bits per heavy atom. The fourth-order valence-electron chi connectivity index (χ4n) is 1.00. The van der Waals surface area contributed by atoms with Crippen LogP contribution < -0.4 is 5.73 Å². The minimum atomic E-state index is -1.02. The average Bonchev–Trinajstić information content (AvgIpc) is 2.03. The number of hydrogen-bond donors (Lipinski definition) is 1. The van der Waals surface area contributed by atoms with Crippen LogP contribution in [0.4, 0.5) is 4.39 Å². The van der Waals surface area contributed by atoms with Gasteiger partial charge in [-0.15, -0.1) is 0 Å². The molecule has 0 saturated heterocycles. The van der Waals surface area contributed by atoms with E-state index < -0.39 is 6.17 Å². The van der Waals surface area contributed by atoms with Crippen molar-refractivity contribution in [2.45, 2.75) is 13.1 Å². The maximum absolute atomic E-state index is 12.9. The molecule has 2 N–H and O–H groups in total. The van der Waals surface area contributed by atoms with Gasteiger partial charge < -0.3 is 5.73 Å². The fraction of sp³-hybridized carbons (Fsp3) is 0.333. The highest BCUT2D eigenvalue weighted by Crippen LogP contribution is 2.16. The van der Waals surface area contributed by atoms with Crippen molar-refractivity contribution in [3.63, 3.8) is 0 Å². The van der Waals surface area contributed by atoms with Gasteiger partial charge in [0.25, 0.3) is 0 Å². The van der Waals surface area contributed by atoms with Crippen LogP contribution in [0.5, 0.6) is 0 Å². The summed E-state index contributed by atoms with van der Waals surface area (Å²) < 4.78 is 12.9. The Kier molecular flexibility index (Phi) is 2.60. The Bertz CT molecular complexity index is 235. The molecular weight excluding hydrogens is 141 g/mol. The van der Waals surface area contributed by atoms with E-state index in [0.29, 0.717) is 5.56 Å². The SMILES string of the molecule is Cc1cccc([C@@H](F)CN)c1. The van der Waals surface area contributed by atoms with Crippen LogP contribution in [0.3, 0.4) is 0 Å². The largest absolute Gasteiger partial charge is 0.327 e. The third-order valence-electron chi connectivity index (χ3n) is 1.61. The Morgan fingerprint density at radius 2 is 2.27 bits per heavy atom. The van der Waals surface area contributed by atoms with Crippen LogP contribution in [0.25, 0.3) is 0 Å². The summed E-state index contributed by atoms with van der Waals surface area (Å²) in [7, 11) is 0. The molecular formula is C9H12FN. The first-order valence-electron chi connectivity index (χ1n) is 3.64. The van der Waals surface area contributed by atoms with Crippen LogP contribution in [-0.2, 0) is 0 Å². The van der Waals surface area contributed by atoms with Crippen LogP contribution in [0.1, 0.15) is 17.3 Å². The predicted molar refractivity (Wildman–Crippen MR) is 44.1 cm³/mol. The molecule has 1 atom stereocenters. The average molecular weight is 153 g/mol. The van der Waals surface area contributed by atoms with Gasteiger partial charge in [0.15, 0.2) is 0 Å². The van der Waals surface area contributed by atoms with Crippen molar-refractivity contribution in [3.8, 4) is 0 Å². The third-order valence-corrected chi connectivity index (χ3v) is 1.61. The van der Waals surface area contributed by atoms with E-state index in [1.54, 1.807) is 6.07 Å². The Balaban J connectivity index is 2.86. The molecule has 1 nitrogen and oxygen atoms in total. The van der Waals surface area contributed by atoms with Gasteiger partial charge in [-0.3, -0.25) is 0 Å². The van der Waals surface area contributed by atoms with Gasteiger partial charge in [0.05, 0.1) is 0 Å². The predicted octanol–water partition coefficient (Wildman–Crippen LogP) is 1.96. The highest BCUT2D eigenvalue weighted by atomic mass is 19.1. The van der Waals surface area contributed by atoms with Crippen molar-refractivity contribution < 1.29 is 4.39 Å². The van der Waals surface area contributed by atoms with Gasteiger partial charge in [-0.05, 0) is 12.5 Å². The van der Waals surface area contributed by atoms with E-state index in [1.807, 2.05) is 25.1 Å². The van der Waals surface area contributed by atoms with E-state index in [2.05, 4.69) is 0 Å². The number of nitrogens with two attached hydrogens (primary N) is 1. The van der Waals surface area contributed by atoms with Gasteiger partial charge in [0.1, 0.15) is 6.17 Å². The lowest BCUT2D eigenvalue weighted by atomic mass is 10.1. The lowest BCUT2D eigenvalue weighted by Gasteiger charge is -2.05. The highest BCUT2D eigenvalue weighted by Gasteiger charge is 2.05. The van der Waals surface area contributed by atoms with Crippen LogP contribution in [0.15, 0.2) is 24.3 Å². The Hall–Kier alpha value is -0.890. The molecule has 11 heavy (non-hydrogen) atoms. The van der Waals surface area contributed by atoms with E-state index >= 15 is 0 Å². The zero-order valence-corrected chi connectivity index (χ0v) is 6.55. The second kappa shape index (κ2) is 3.49. The molecule has 1 rings (SSSR count). The smallest absolute Gasteiger partial charge is 0.137 e. The van der Waals surface area contributed by atoms with Gasteiger partial charge in [0, 0.05) is 6.54 Å². The monoisotopic (exact) mass is 153 g/mol. The van der Waals surface area contributed by atoms with Gasteiger partial charge in [0.2, 0.25) is 0 Å². The zero-order chi connectivity index (χ0) is 8.27. The van der Waals surface area contributed by atoms with Crippen LogP contribution in [0.2, 0.25) is 0 Å². The molecule has 0 fully saturated rings. The maximum atomic E-state index is 12.9. The Morgan fingerprint density at radius 1 is 1.55 bits per heavy atom. The highest BCUT2D eigenvalue weighted by molar-refractivity contribution is 5.24. The summed E-state index contributed by atoms with van der Waals surface area (Å²) in [5.74, 6) is 0. The second-order valence-electron chi connectivity index (χ2n) is 2.62. The first kappa shape index (κ1) is 8.21. The topological polar surface area (TPSA) is 26.0 Å². The first-order chi connectivity index (χ1) is 5.24. The number of alkyl halides is 1. The van der Waals surface area contributed by atoms with E-state index in [9.17, 15) is 4.39 Å². The summed E-state index contributed by atoms with van der Waals surface area (Å²) in [6.45, 7) is 2.00. The van der Waals surface area contributed by atoms with Crippen LogP contribution >= 0.6 is 0 Å². The molecule has 0 aliphatic heterocycles. The van der Waals surface area contributed by atoms with Crippen molar-refractivity contribution in [1.82, 2.24) is 0 Å². The maximum Gasteiger partial charge on any atom is 0.137 e. The van der Waals surface area contributed by atoms with Crippen LogP contribution in [0, 0.1) is 6.92 Å². The van der Waals surface area contributed by atoms with E-state index in [0.717, 1.165) is 5.56 Å². The molecule has 0 heterocycles. The summed E-state index contributed by atoms with van der Waals surface area (Å²) in [5.41, 5.74) is 6.92.